The lowest BCUT2D eigenvalue weighted by Gasteiger charge is -2.22. The summed E-state index contributed by atoms with van der Waals surface area (Å²) in [5.74, 6) is 1.62. The standard InChI is InChI=1S/C19H28N6O3/c1-12-13(2)21-17(19(26)24(3)4)22-18(12)25-7-6-14(10-25)20-9-15-8-16(11-27-5)28-23-15/h8,14,20H,6-7,9-11H2,1-5H3/t14-/m1/s1. The average Bonchev–Trinajstić information content (AvgIpc) is 3.31. The van der Waals surface area contributed by atoms with Crippen LogP contribution in [-0.4, -0.2) is 66.3 Å². The summed E-state index contributed by atoms with van der Waals surface area (Å²) in [7, 11) is 5.04. The van der Waals surface area contributed by atoms with E-state index in [4.69, 9.17) is 9.26 Å². The van der Waals surface area contributed by atoms with E-state index in [1.165, 1.54) is 4.90 Å². The minimum Gasteiger partial charge on any atom is -0.377 e. The minimum atomic E-state index is -0.184. The predicted octanol–water partition coefficient (Wildman–Crippen LogP) is 1.30. The Morgan fingerprint density at radius 1 is 1.39 bits per heavy atom. The Morgan fingerprint density at radius 3 is 2.89 bits per heavy atom. The second-order valence-corrected chi connectivity index (χ2v) is 7.31. The fourth-order valence-corrected chi connectivity index (χ4v) is 3.23. The number of nitrogens with one attached hydrogen (secondary N) is 1. The molecule has 1 amide bonds. The Kier molecular flexibility index (Phi) is 6.25. The van der Waals surface area contributed by atoms with Crippen LogP contribution in [0.1, 0.15) is 39.8 Å². The first-order valence-electron chi connectivity index (χ1n) is 9.37. The Hall–Kier alpha value is -2.52. The van der Waals surface area contributed by atoms with Gasteiger partial charge in [-0.1, -0.05) is 5.16 Å². The van der Waals surface area contributed by atoms with Gasteiger partial charge in [0, 0.05) is 64.2 Å². The van der Waals surface area contributed by atoms with E-state index >= 15 is 0 Å². The van der Waals surface area contributed by atoms with Gasteiger partial charge in [0.2, 0.25) is 5.82 Å². The number of methoxy groups -OCH3 is 1. The average molecular weight is 388 g/mol. The van der Waals surface area contributed by atoms with Gasteiger partial charge in [0.05, 0.1) is 5.69 Å². The zero-order valence-corrected chi connectivity index (χ0v) is 17.2. The SMILES string of the molecule is COCc1cc(CN[C@@H]2CCN(c3nc(C(=O)N(C)C)nc(C)c3C)C2)no1. The van der Waals surface area contributed by atoms with Crippen LogP contribution in [0, 0.1) is 13.8 Å². The van der Waals surface area contributed by atoms with Crippen LogP contribution < -0.4 is 10.2 Å². The maximum atomic E-state index is 12.3. The van der Waals surface area contributed by atoms with Crippen molar-refractivity contribution < 1.29 is 14.1 Å². The summed E-state index contributed by atoms with van der Waals surface area (Å²) in [6, 6.07) is 2.21. The van der Waals surface area contributed by atoms with E-state index in [9.17, 15) is 4.79 Å². The highest BCUT2D eigenvalue weighted by Gasteiger charge is 2.26. The molecule has 1 aliphatic rings. The van der Waals surface area contributed by atoms with Crippen LogP contribution >= 0.6 is 0 Å². The predicted molar refractivity (Wildman–Crippen MR) is 104 cm³/mol. The lowest BCUT2D eigenvalue weighted by molar-refractivity contribution is 0.0815. The largest absolute Gasteiger partial charge is 0.377 e. The van der Waals surface area contributed by atoms with Gasteiger partial charge < -0.3 is 24.4 Å². The highest BCUT2D eigenvalue weighted by molar-refractivity contribution is 5.90. The number of aryl methyl sites for hydroxylation is 1. The summed E-state index contributed by atoms with van der Waals surface area (Å²) >= 11 is 0. The zero-order valence-electron chi connectivity index (χ0n) is 17.2. The van der Waals surface area contributed by atoms with Gasteiger partial charge in [-0.3, -0.25) is 4.79 Å². The highest BCUT2D eigenvalue weighted by Crippen LogP contribution is 2.24. The molecule has 3 heterocycles. The molecule has 2 aromatic rings. The van der Waals surface area contributed by atoms with Crippen LogP contribution in [0.25, 0.3) is 0 Å². The van der Waals surface area contributed by atoms with Crippen LogP contribution in [-0.2, 0) is 17.9 Å². The molecule has 0 saturated carbocycles. The summed E-state index contributed by atoms with van der Waals surface area (Å²) in [6.45, 7) is 6.67. The van der Waals surface area contributed by atoms with E-state index in [-0.39, 0.29) is 11.7 Å². The molecule has 28 heavy (non-hydrogen) atoms. The van der Waals surface area contributed by atoms with E-state index in [0.29, 0.717) is 19.2 Å². The molecule has 3 rings (SSSR count). The van der Waals surface area contributed by atoms with Crippen molar-refractivity contribution in [2.75, 3.05) is 39.2 Å². The molecule has 0 aliphatic carbocycles. The molecule has 1 fully saturated rings. The molecular formula is C19H28N6O3. The summed E-state index contributed by atoms with van der Waals surface area (Å²) in [4.78, 5) is 24.9. The Morgan fingerprint density at radius 2 is 2.18 bits per heavy atom. The number of rotatable bonds is 7. The van der Waals surface area contributed by atoms with Gasteiger partial charge >= 0.3 is 0 Å². The Balaban J connectivity index is 1.65. The lowest BCUT2D eigenvalue weighted by Crippen LogP contribution is -2.33. The van der Waals surface area contributed by atoms with Crippen LogP contribution in [0.15, 0.2) is 10.6 Å². The van der Waals surface area contributed by atoms with Gasteiger partial charge in [0.25, 0.3) is 5.91 Å². The summed E-state index contributed by atoms with van der Waals surface area (Å²) in [5, 5.41) is 7.57. The zero-order chi connectivity index (χ0) is 20.3. The number of hydrogen-bond acceptors (Lipinski definition) is 8. The van der Waals surface area contributed by atoms with E-state index in [1.807, 2.05) is 19.9 Å². The van der Waals surface area contributed by atoms with Crippen molar-refractivity contribution in [1.82, 2.24) is 25.3 Å². The molecule has 0 bridgehead atoms. The molecule has 1 N–H and O–H groups in total. The Labute approximate surface area is 165 Å². The maximum absolute atomic E-state index is 12.3. The molecule has 0 aromatic carbocycles. The number of hydrogen-bond donors (Lipinski definition) is 1. The second-order valence-electron chi connectivity index (χ2n) is 7.31. The smallest absolute Gasteiger partial charge is 0.291 e. The van der Waals surface area contributed by atoms with E-state index in [0.717, 1.165) is 48.0 Å². The molecule has 1 saturated heterocycles. The van der Waals surface area contributed by atoms with Crippen LogP contribution in [0.2, 0.25) is 0 Å². The number of amides is 1. The molecular weight excluding hydrogens is 360 g/mol. The first kappa shape index (κ1) is 20.2. The number of carbonyl (C=O) groups is 1. The molecule has 0 unspecified atom stereocenters. The molecule has 1 atom stereocenters. The van der Waals surface area contributed by atoms with Crippen molar-refractivity contribution in [1.29, 1.82) is 0 Å². The van der Waals surface area contributed by atoms with Gasteiger partial charge in [-0.2, -0.15) is 0 Å². The number of anilines is 1. The molecule has 9 heteroatoms. The number of aromatic nitrogens is 3. The third-order valence-corrected chi connectivity index (χ3v) is 4.91. The van der Waals surface area contributed by atoms with Crippen LogP contribution in [0.4, 0.5) is 5.82 Å². The van der Waals surface area contributed by atoms with Gasteiger partial charge in [-0.05, 0) is 20.3 Å². The molecule has 152 valence electrons. The van der Waals surface area contributed by atoms with Crippen molar-refractivity contribution in [2.45, 2.75) is 39.5 Å². The van der Waals surface area contributed by atoms with Gasteiger partial charge in [0.15, 0.2) is 5.76 Å². The summed E-state index contributed by atoms with van der Waals surface area (Å²) in [6.07, 6.45) is 0.988. The first-order chi connectivity index (χ1) is 13.4. The number of carbonyl (C=O) groups excluding carboxylic acids is 1. The van der Waals surface area contributed by atoms with Gasteiger partial charge in [0.1, 0.15) is 12.4 Å². The van der Waals surface area contributed by atoms with Crippen LogP contribution in [0.5, 0.6) is 0 Å². The van der Waals surface area contributed by atoms with Crippen molar-refractivity contribution in [3.05, 3.63) is 34.6 Å². The molecule has 0 spiro atoms. The van der Waals surface area contributed by atoms with Gasteiger partial charge in [-0.25, -0.2) is 9.97 Å². The van der Waals surface area contributed by atoms with Gasteiger partial charge in [-0.15, -0.1) is 0 Å². The topological polar surface area (TPSA) is 96.6 Å². The molecule has 0 radical (unpaired) electrons. The quantitative estimate of drug-likeness (QED) is 0.758. The third-order valence-electron chi connectivity index (χ3n) is 4.91. The minimum absolute atomic E-state index is 0.184. The van der Waals surface area contributed by atoms with Crippen molar-refractivity contribution in [3.63, 3.8) is 0 Å². The highest BCUT2D eigenvalue weighted by atomic mass is 16.5. The summed E-state index contributed by atoms with van der Waals surface area (Å²) in [5.41, 5.74) is 2.70. The fourth-order valence-electron chi connectivity index (χ4n) is 3.23. The molecule has 9 nitrogen and oxygen atoms in total. The summed E-state index contributed by atoms with van der Waals surface area (Å²) < 4.78 is 10.3. The van der Waals surface area contributed by atoms with Crippen molar-refractivity contribution in [3.8, 4) is 0 Å². The van der Waals surface area contributed by atoms with Crippen molar-refractivity contribution >= 4 is 11.7 Å². The lowest BCUT2D eigenvalue weighted by atomic mass is 10.2. The first-order valence-corrected chi connectivity index (χ1v) is 9.37. The van der Waals surface area contributed by atoms with E-state index in [2.05, 4.69) is 25.3 Å². The van der Waals surface area contributed by atoms with E-state index in [1.54, 1.807) is 21.2 Å². The maximum Gasteiger partial charge on any atom is 0.291 e. The third kappa shape index (κ3) is 4.48. The number of nitrogens with zero attached hydrogens (tertiary/aromatic N) is 5. The Bertz CT molecular complexity index is 835. The second kappa shape index (κ2) is 8.66. The fraction of sp³-hybridized carbons (Fsp3) is 0.579. The molecule has 2 aromatic heterocycles. The monoisotopic (exact) mass is 388 g/mol. The van der Waals surface area contributed by atoms with Crippen LogP contribution in [0.3, 0.4) is 0 Å². The number of ether oxygens (including phenoxy) is 1. The van der Waals surface area contributed by atoms with E-state index < -0.39 is 0 Å². The molecule has 1 aliphatic heterocycles. The van der Waals surface area contributed by atoms with Crippen molar-refractivity contribution in [2.24, 2.45) is 0 Å². The normalized spacial score (nSPS) is 16.6.